The van der Waals surface area contributed by atoms with Gasteiger partial charge in [-0.3, -0.25) is 0 Å². The van der Waals surface area contributed by atoms with Gasteiger partial charge < -0.3 is 4.57 Å². The highest BCUT2D eigenvalue weighted by atomic mass is 15.1. The minimum Gasteiger partial charge on any atom is -0.319 e. The molecule has 5 aromatic rings. The highest BCUT2D eigenvalue weighted by molar-refractivity contribution is 5.51. The molecule has 1 unspecified atom stereocenters. The summed E-state index contributed by atoms with van der Waals surface area (Å²) in [6.07, 6.45) is 10.6. The molecular weight excluding hydrogens is 436 g/mol. The van der Waals surface area contributed by atoms with Crippen molar-refractivity contribution in [1.82, 2.24) is 9.55 Å². The molecule has 0 saturated heterocycles. The van der Waals surface area contributed by atoms with E-state index >= 15 is 0 Å². The van der Waals surface area contributed by atoms with E-state index < -0.39 is 5.54 Å². The van der Waals surface area contributed by atoms with Crippen LogP contribution in [0.3, 0.4) is 0 Å². The maximum Gasteiger partial charge on any atom is 0.121 e. The van der Waals surface area contributed by atoms with E-state index in [1.165, 1.54) is 33.4 Å². The predicted octanol–water partition coefficient (Wildman–Crippen LogP) is 7.50. The average molecular weight is 467 g/mol. The molecule has 0 N–H and O–H groups in total. The number of benzene rings is 4. The molecule has 0 saturated carbocycles. The molecule has 0 aliphatic heterocycles. The fourth-order valence-corrected chi connectivity index (χ4v) is 5.33. The van der Waals surface area contributed by atoms with Crippen molar-refractivity contribution in [2.24, 2.45) is 0 Å². The topological polar surface area (TPSA) is 17.8 Å². The van der Waals surface area contributed by atoms with Gasteiger partial charge in [-0.15, -0.1) is 12.3 Å². The lowest BCUT2D eigenvalue weighted by Crippen LogP contribution is -2.37. The van der Waals surface area contributed by atoms with Crippen LogP contribution in [0.25, 0.3) is 0 Å². The van der Waals surface area contributed by atoms with E-state index in [9.17, 15) is 0 Å². The smallest absolute Gasteiger partial charge is 0.121 e. The van der Waals surface area contributed by atoms with Crippen molar-refractivity contribution < 1.29 is 0 Å². The summed E-state index contributed by atoms with van der Waals surface area (Å²) in [7, 11) is 0. The van der Waals surface area contributed by atoms with Crippen LogP contribution in [0, 0.1) is 26.2 Å². The SMILES string of the molecule is C#CCC(c1cn(C(c2ccccc2)(c2ccccc2)c2ccccc2)cn1)c1cccc(C)c1C. The number of rotatable bonds is 7. The van der Waals surface area contributed by atoms with Gasteiger partial charge in [-0.2, -0.15) is 0 Å². The maximum atomic E-state index is 5.87. The van der Waals surface area contributed by atoms with Crippen molar-refractivity contribution in [2.45, 2.75) is 31.7 Å². The largest absolute Gasteiger partial charge is 0.319 e. The lowest BCUT2D eigenvalue weighted by atomic mass is 9.76. The van der Waals surface area contributed by atoms with Gasteiger partial charge in [0.05, 0.1) is 12.0 Å². The number of aromatic nitrogens is 2. The molecule has 176 valence electrons. The van der Waals surface area contributed by atoms with Gasteiger partial charge in [-0.1, -0.05) is 109 Å². The van der Waals surface area contributed by atoms with Gasteiger partial charge in [0, 0.05) is 18.5 Å². The fraction of sp³-hybridized carbons (Fsp3) is 0.147. The number of nitrogens with zero attached hydrogens (tertiary/aromatic N) is 2. The van der Waals surface area contributed by atoms with Crippen LogP contribution in [0.15, 0.2) is 122 Å². The minimum atomic E-state index is -0.586. The molecule has 1 atom stereocenters. The van der Waals surface area contributed by atoms with E-state index in [4.69, 9.17) is 11.4 Å². The van der Waals surface area contributed by atoms with Crippen LogP contribution >= 0.6 is 0 Å². The van der Waals surface area contributed by atoms with Gasteiger partial charge in [0.2, 0.25) is 0 Å². The third-order valence-corrected chi connectivity index (χ3v) is 7.27. The Kier molecular flexibility index (Phi) is 6.56. The first kappa shape index (κ1) is 23.4. The molecule has 0 aliphatic carbocycles. The predicted molar refractivity (Wildman–Crippen MR) is 148 cm³/mol. The zero-order chi connectivity index (χ0) is 25.0. The summed E-state index contributed by atoms with van der Waals surface area (Å²) in [5.74, 6) is 2.93. The number of hydrogen-bond donors (Lipinski definition) is 0. The van der Waals surface area contributed by atoms with Crippen molar-refractivity contribution in [3.63, 3.8) is 0 Å². The molecule has 1 heterocycles. The molecule has 2 nitrogen and oxygen atoms in total. The molecule has 0 aliphatic rings. The normalized spacial score (nSPS) is 12.1. The molecule has 0 fully saturated rings. The Morgan fingerprint density at radius 1 is 0.750 bits per heavy atom. The van der Waals surface area contributed by atoms with Crippen LogP contribution < -0.4 is 0 Å². The zero-order valence-electron chi connectivity index (χ0n) is 20.8. The summed E-state index contributed by atoms with van der Waals surface area (Å²) < 4.78 is 2.26. The Balaban J connectivity index is 1.77. The molecule has 2 heteroatoms. The molecule has 0 radical (unpaired) electrons. The van der Waals surface area contributed by atoms with E-state index in [2.05, 4.69) is 140 Å². The second kappa shape index (κ2) is 10.1. The highest BCUT2D eigenvalue weighted by Gasteiger charge is 2.38. The molecule has 0 amide bonds. The summed E-state index contributed by atoms with van der Waals surface area (Å²) in [6, 6.07) is 38.4. The van der Waals surface area contributed by atoms with Crippen molar-refractivity contribution in [1.29, 1.82) is 0 Å². The lowest BCUT2D eigenvalue weighted by molar-refractivity contribution is 0.514. The van der Waals surface area contributed by atoms with Crippen molar-refractivity contribution in [2.75, 3.05) is 0 Å². The maximum absolute atomic E-state index is 5.87. The lowest BCUT2D eigenvalue weighted by Gasteiger charge is -2.37. The first-order valence-corrected chi connectivity index (χ1v) is 12.4. The molecule has 36 heavy (non-hydrogen) atoms. The van der Waals surface area contributed by atoms with E-state index in [1.807, 2.05) is 6.33 Å². The Bertz CT molecular complexity index is 1380. The number of imidazole rings is 1. The third-order valence-electron chi connectivity index (χ3n) is 7.27. The summed E-state index contributed by atoms with van der Waals surface area (Å²) in [5.41, 5.74) is 7.69. The Morgan fingerprint density at radius 2 is 1.28 bits per heavy atom. The van der Waals surface area contributed by atoms with Gasteiger partial charge >= 0.3 is 0 Å². The Morgan fingerprint density at radius 3 is 1.78 bits per heavy atom. The molecule has 0 spiro atoms. The first-order valence-electron chi connectivity index (χ1n) is 12.4. The van der Waals surface area contributed by atoms with Gasteiger partial charge in [0.15, 0.2) is 0 Å². The van der Waals surface area contributed by atoms with Crippen molar-refractivity contribution in [3.05, 3.63) is 161 Å². The fourth-order valence-electron chi connectivity index (χ4n) is 5.33. The van der Waals surface area contributed by atoms with Gasteiger partial charge in [0.1, 0.15) is 5.54 Å². The Labute approximate surface area is 214 Å². The van der Waals surface area contributed by atoms with Gasteiger partial charge in [-0.05, 0) is 47.2 Å². The third kappa shape index (κ3) is 4.04. The molecular formula is C34H30N2. The minimum absolute atomic E-state index is 0.0242. The zero-order valence-corrected chi connectivity index (χ0v) is 20.8. The summed E-state index contributed by atoms with van der Waals surface area (Å²) in [6.45, 7) is 4.32. The number of aryl methyl sites for hydroxylation is 1. The molecule has 1 aromatic heterocycles. The van der Waals surface area contributed by atoms with Crippen molar-refractivity contribution >= 4 is 0 Å². The molecule has 5 rings (SSSR count). The molecule has 4 aromatic carbocycles. The highest BCUT2D eigenvalue weighted by Crippen LogP contribution is 2.41. The summed E-state index contributed by atoms with van der Waals surface area (Å²) >= 11 is 0. The summed E-state index contributed by atoms with van der Waals surface area (Å²) in [5, 5.41) is 0. The average Bonchev–Trinajstić information content (AvgIpc) is 3.42. The van der Waals surface area contributed by atoms with Crippen molar-refractivity contribution in [3.8, 4) is 12.3 Å². The standard InChI is InChI=1S/C34H30N2/c1-4-15-32(31-23-14-16-26(2)27(31)3)33-24-36(25-35-33)34(28-17-8-5-9-18-28,29-19-10-6-11-20-29)30-21-12-7-13-22-30/h1,5-14,16-25,32H,15H2,2-3H3. The van der Waals surface area contributed by atoms with Crippen LogP contribution in [-0.2, 0) is 5.54 Å². The van der Waals surface area contributed by atoms with E-state index in [0.29, 0.717) is 6.42 Å². The van der Waals surface area contributed by atoms with Gasteiger partial charge in [0.25, 0.3) is 0 Å². The van der Waals surface area contributed by atoms with Gasteiger partial charge in [-0.25, -0.2) is 4.98 Å². The quantitative estimate of drug-likeness (QED) is 0.179. The van der Waals surface area contributed by atoms with Crippen LogP contribution in [0.2, 0.25) is 0 Å². The first-order chi connectivity index (χ1) is 17.7. The summed E-state index contributed by atoms with van der Waals surface area (Å²) in [4.78, 5) is 4.99. The number of hydrogen-bond acceptors (Lipinski definition) is 1. The van der Waals surface area contributed by atoms with Crippen LogP contribution in [0.5, 0.6) is 0 Å². The Hall–Kier alpha value is -4.35. The van der Waals surface area contributed by atoms with Crippen LogP contribution in [0.1, 0.15) is 51.4 Å². The molecule has 0 bridgehead atoms. The van der Waals surface area contributed by atoms with E-state index in [1.54, 1.807) is 0 Å². The van der Waals surface area contributed by atoms with E-state index in [0.717, 1.165) is 5.69 Å². The van der Waals surface area contributed by atoms with Crippen LogP contribution in [-0.4, -0.2) is 9.55 Å². The monoisotopic (exact) mass is 466 g/mol. The second-order valence-corrected chi connectivity index (χ2v) is 9.26. The number of terminal acetylenes is 1. The second-order valence-electron chi connectivity index (χ2n) is 9.26. The van der Waals surface area contributed by atoms with E-state index in [-0.39, 0.29) is 5.92 Å². The van der Waals surface area contributed by atoms with Crippen LogP contribution in [0.4, 0.5) is 0 Å².